The van der Waals surface area contributed by atoms with Gasteiger partial charge in [0.05, 0.1) is 12.6 Å². The summed E-state index contributed by atoms with van der Waals surface area (Å²) in [5.41, 5.74) is 3.73. The van der Waals surface area contributed by atoms with E-state index in [4.69, 9.17) is 4.74 Å². The number of likely N-dealkylation sites (N-methyl/N-ethyl adjacent to an activating group) is 2. The van der Waals surface area contributed by atoms with Crippen LogP contribution in [0.25, 0.3) is 0 Å². The van der Waals surface area contributed by atoms with Gasteiger partial charge in [0.15, 0.2) is 0 Å². The highest BCUT2D eigenvalue weighted by atomic mass is 16.5. The van der Waals surface area contributed by atoms with Crippen molar-refractivity contribution >= 4 is 17.5 Å². The zero-order valence-corrected chi connectivity index (χ0v) is 15.5. The first-order valence-electron chi connectivity index (χ1n) is 8.49. The average molecular weight is 348 g/mol. The number of rotatable bonds is 7. The first-order valence-corrected chi connectivity index (χ1v) is 8.49. The lowest BCUT2D eigenvalue weighted by Gasteiger charge is -2.26. The monoisotopic (exact) mass is 348 g/mol. The summed E-state index contributed by atoms with van der Waals surface area (Å²) in [6.45, 7) is 2.10. The number of hydrogen-bond donors (Lipinski definition) is 2. The van der Waals surface area contributed by atoms with E-state index in [1.165, 1.54) is 11.3 Å². The molecule has 0 spiro atoms. The smallest absolute Gasteiger partial charge is 0.309 e. The van der Waals surface area contributed by atoms with E-state index >= 15 is 0 Å². The van der Waals surface area contributed by atoms with Crippen LogP contribution in [-0.4, -0.2) is 71.2 Å². The number of anilines is 1. The predicted molar refractivity (Wildman–Crippen MR) is 97.7 cm³/mol. The fourth-order valence-electron chi connectivity index (χ4n) is 3.01. The number of carbonyl (C=O) groups excluding carboxylic acids is 2. The number of methoxy groups -OCH3 is 1. The molecule has 0 saturated heterocycles. The Morgan fingerprint density at radius 1 is 1.28 bits per heavy atom. The van der Waals surface area contributed by atoms with E-state index in [9.17, 15) is 9.59 Å². The summed E-state index contributed by atoms with van der Waals surface area (Å²) in [5.74, 6) is -1.26. The number of nitrogens with zero attached hydrogens (tertiary/aromatic N) is 2. The van der Waals surface area contributed by atoms with E-state index in [-0.39, 0.29) is 6.04 Å². The summed E-state index contributed by atoms with van der Waals surface area (Å²) < 4.78 is 4.85. The summed E-state index contributed by atoms with van der Waals surface area (Å²) in [7, 11) is 7.57. The average Bonchev–Trinajstić information content (AvgIpc) is 2.95. The second kappa shape index (κ2) is 8.82. The summed E-state index contributed by atoms with van der Waals surface area (Å²) in [4.78, 5) is 28.0. The van der Waals surface area contributed by atoms with Crippen molar-refractivity contribution in [3.8, 4) is 0 Å². The molecule has 1 unspecified atom stereocenters. The van der Waals surface area contributed by atoms with E-state index in [0.29, 0.717) is 19.7 Å². The summed E-state index contributed by atoms with van der Waals surface area (Å²) in [6, 6.07) is 6.43. The molecule has 1 atom stereocenters. The third-order valence-corrected chi connectivity index (χ3v) is 4.49. The highest BCUT2D eigenvalue weighted by Gasteiger charge is 2.21. The van der Waals surface area contributed by atoms with Gasteiger partial charge in [0.1, 0.15) is 0 Å². The van der Waals surface area contributed by atoms with Crippen molar-refractivity contribution in [2.24, 2.45) is 0 Å². The van der Waals surface area contributed by atoms with Crippen molar-refractivity contribution in [3.63, 3.8) is 0 Å². The summed E-state index contributed by atoms with van der Waals surface area (Å²) >= 11 is 0. The van der Waals surface area contributed by atoms with E-state index in [2.05, 4.69) is 40.8 Å². The molecule has 0 radical (unpaired) electrons. The molecule has 1 aromatic carbocycles. The largest absolute Gasteiger partial charge is 0.383 e. The molecule has 0 saturated carbocycles. The van der Waals surface area contributed by atoms with Crippen LogP contribution >= 0.6 is 0 Å². The molecule has 1 aliphatic rings. The minimum absolute atomic E-state index is 0.00642. The minimum Gasteiger partial charge on any atom is -0.383 e. The van der Waals surface area contributed by atoms with Crippen LogP contribution in [0, 0.1) is 0 Å². The highest BCUT2D eigenvalue weighted by Crippen LogP contribution is 2.30. The first kappa shape index (κ1) is 19.2. The van der Waals surface area contributed by atoms with Gasteiger partial charge in [-0.2, -0.15) is 0 Å². The van der Waals surface area contributed by atoms with Crippen molar-refractivity contribution in [1.29, 1.82) is 0 Å². The van der Waals surface area contributed by atoms with Gasteiger partial charge in [0, 0.05) is 39.5 Å². The molecule has 7 heteroatoms. The number of hydrogen-bond acceptors (Lipinski definition) is 5. The van der Waals surface area contributed by atoms with Crippen molar-refractivity contribution in [1.82, 2.24) is 15.5 Å². The zero-order valence-electron chi connectivity index (χ0n) is 15.5. The van der Waals surface area contributed by atoms with Crippen LogP contribution in [0.5, 0.6) is 0 Å². The van der Waals surface area contributed by atoms with Gasteiger partial charge in [0.2, 0.25) is 0 Å². The quantitative estimate of drug-likeness (QED) is 0.542. The Labute approximate surface area is 149 Å². The predicted octanol–water partition coefficient (Wildman–Crippen LogP) is 0.160. The third-order valence-electron chi connectivity index (χ3n) is 4.49. The van der Waals surface area contributed by atoms with Crippen LogP contribution in [0.4, 0.5) is 5.69 Å². The second-order valence-corrected chi connectivity index (χ2v) is 6.50. The normalized spacial score (nSPS) is 14.4. The minimum atomic E-state index is -0.634. The first-order chi connectivity index (χ1) is 11.9. The molecule has 0 aromatic heterocycles. The Balaban J connectivity index is 1.97. The number of carbonyl (C=O) groups is 2. The lowest BCUT2D eigenvalue weighted by Crippen LogP contribution is -2.43. The maximum atomic E-state index is 11.9. The Hall–Kier alpha value is -2.12. The Bertz CT molecular complexity index is 618. The molecule has 2 N–H and O–H groups in total. The fraction of sp³-hybridized carbons (Fsp3) is 0.556. The van der Waals surface area contributed by atoms with Crippen molar-refractivity contribution in [2.75, 3.05) is 59.4 Å². The maximum Gasteiger partial charge on any atom is 0.309 e. The van der Waals surface area contributed by atoms with Gasteiger partial charge in [0.25, 0.3) is 0 Å². The van der Waals surface area contributed by atoms with E-state index < -0.39 is 11.8 Å². The third kappa shape index (κ3) is 4.93. The summed E-state index contributed by atoms with van der Waals surface area (Å²) in [6.07, 6.45) is 1.04. The molecule has 25 heavy (non-hydrogen) atoms. The number of amides is 2. The topological polar surface area (TPSA) is 73.9 Å². The second-order valence-electron chi connectivity index (χ2n) is 6.50. The van der Waals surface area contributed by atoms with Crippen molar-refractivity contribution in [2.45, 2.75) is 12.5 Å². The van der Waals surface area contributed by atoms with E-state index in [0.717, 1.165) is 18.5 Å². The van der Waals surface area contributed by atoms with Crippen LogP contribution in [0.15, 0.2) is 18.2 Å². The van der Waals surface area contributed by atoms with Gasteiger partial charge in [-0.3, -0.25) is 9.59 Å². The fourth-order valence-corrected chi connectivity index (χ4v) is 3.01. The van der Waals surface area contributed by atoms with E-state index in [1.54, 1.807) is 7.11 Å². The van der Waals surface area contributed by atoms with Gasteiger partial charge >= 0.3 is 11.8 Å². The van der Waals surface area contributed by atoms with Crippen LogP contribution in [0.1, 0.15) is 17.2 Å². The van der Waals surface area contributed by atoms with Crippen molar-refractivity contribution < 1.29 is 14.3 Å². The molecule has 0 aliphatic carbocycles. The Morgan fingerprint density at radius 3 is 2.68 bits per heavy atom. The summed E-state index contributed by atoms with van der Waals surface area (Å²) in [5, 5.41) is 5.24. The molecular weight excluding hydrogens is 320 g/mol. The van der Waals surface area contributed by atoms with Gasteiger partial charge < -0.3 is 25.2 Å². The molecule has 0 fully saturated rings. The number of ether oxygens (including phenoxy) is 1. The van der Waals surface area contributed by atoms with Crippen LogP contribution in [0.3, 0.4) is 0 Å². The lowest BCUT2D eigenvalue weighted by molar-refractivity contribution is -0.139. The number of nitrogens with one attached hydrogen (secondary N) is 2. The molecule has 2 rings (SSSR count). The molecule has 0 bridgehead atoms. The van der Waals surface area contributed by atoms with Gasteiger partial charge in [-0.15, -0.1) is 0 Å². The molecule has 1 heterocycles. The molecule has 2 amide bonds. The molecular formula is C18H28N4O3. The van der Waals surface area contributed by atoms with E-state index in [1.807, 2.05) is 19.0 Å². The maximum absolute atomic E-state index is 11.9. The highest BCUT2D eigenvalue weighted by molar-refractivity contribution is 6.35. The van der Waals surface area contributed by atoms with Crippen LogP contribution in [-0.2, 0) is 20.7 Å². The number of fused-ring (bicyclic) bond motifs is 1. The Kier molecular flexibility index (Phi) is 6.78. The molecule has 138 valence electrons. The number of benzene rings is 1. The Morgan fingerprint density at radius 2 is 2.00 bits per heavy atom. The molecule has 7 nitrogen and oxygen atoms in total. The SMILES string of the molecule is COCCNC(=O)C(=O)NCC(c1ccc2c(c1)CCN2C)N(C)C. The zero-order chi connectivity index (χ0) is 18.4. The van der Waals surface area contributed by atoms with Crippen LogP contribution in [0.2, 0.25) is 0 Å². The molecule has 1 aromatic rings. The van der Waals surface area contributed by atoms with Crippen LogP contribution < -0.4 is 15.5 Å². The molecule has 1 aliphatic heterocycles. The standard InChI is InChI=1S/C18H28N4O3/c1-21(2)16(12-20-18(24)17(23)19-8-10-25-4)13-5-6-15-14(11-13)7-9-22(15)3/h5-6,11,16H,7-10,12H2,1-4H3,(H,19,23)(H,20,24). The van der Waals surface area contributed by atoms with Crippen molar-refractivity contribution in [3.05, 3.63) is 29.3 Å². The van der Waals surface area contributed by atoms with Gasteiger partial charge in [-0.1, -0.05) is 12.1 Å². The lowest BCUT2D eigenvalue weighted by atomic mass is 10.0. The van der Waals surface area contributed by atoms with Gasteiger partial charge in [-0.05, 0) is 37.7 Å². The van der Waals surface area contributed by atoms with Gasteiger partial charge in [-0.25, -0.2) is 0 Å².